The lowest BCUT2D eigenvalue weighted by Crippen LogP contribution is -2.45. The van der Waals surface area contributed by atoms with Gasteiger partial charge in [0.05, 0.1) is 12.6 Å². The standard InChI is InChI=1S/C15H21FN2O2/c1-11-6-7-17-14(11)15(19)18(2)8-9-20-13-5-3-4-12(16)10-13/h3-5,10-11,14,17H,6-9H2,1-2H3. The highest BCUT2D eigenvalue weighted by Gasteiger charge is 2.31. The van der Waals surface area contributed by atoms with Gasteiger partial charge in [0, 0.05) is 13.1 Å². The lowest BCUT2D eigenvalue weighted by Gasteiger charge is -2.23. The summed E-state index contributed by atoms with van der Waals surface area (Å²) in [6.45, 7) is 3.82. The van der Waals surface area contributed by atoms with Gasteiger partial charge in [-0.2, -0.15) is 0 Å². The number of hydrogen-bond donors (Lipinski definition) is 1. The van der Waals surface area contributed by atoms with Crippen molar-refractivity contribution >= 4 is 5.91 Å². The highest BCUT2D eigenvalue weighted by Crippen LogP contribution is 2.16. The van der Waals surface area contributed by atoms with Gasteiger partial charge in [0.1, 0.15) is 18.2 Å². The van der Waals surface area contributed by atoms with E-state index >= 15 is 0 Å². The first-order valence-electron chi connectivity index (χ1n) is 6.94. The van der Waals surface area contributed by atoms with Gasteiger partial charge in [-0.15, -0.1) is 0 Å². The molecule has 1 N–H and O–H groups in total. The Kier molecular flexibility index (Phi) is 4.95. The molecular formula is C15H21FN2O2. The molecule has 0 aromatic heterocycles. The number of nitrogens with zero attached hydrogens (tertiary/aromatic N) is 1. The van der Waals surface area contributed by atoms with Crippen LogP contribution in [-0.2, 0) is 4.79 Å². The van der Waals surface area contributed by atoms with Gasteiger partial charge in [0.15, 0.2) is 0 Å². The van der Waals surface area contributed by atoms with Crippen molar-refractivity contribution in [2.45, 2.75) is 19.4 Å². The van der Waals surface area contributed by atoms with Crippen LogP contribution < -0.4 is 10.1 Å². The Labute approximate surface area is 118 Å². The second-order valence-electron chi connectivity index (χ2n) is 5.26. The van der Waals surface area contributed by atoms with Crippen LogP contribution in [0.5, 0.6) is 5.75 Å². The van der Waals surface area contributed by atoms with Gasteiger partial charge >= 0.3 is 0 Å². The number of rotatable bonds is 5. The summed E-state index contributed by atoms with van der Waals surface area (Å²) in [6, 6.07) is 5.92. The summed E-state index contributed by atoms with van der Waals surface area (Å²) in [7, 11) is 1.77. The Hall–Kier alpha value is -1.62. The van der Waals surface area contributed by atoms with Crippen LogP contribution in [0.4, 0.5) is 4.39 Å². The van der Waals surface area contributed by atoms with Crippen LogP contribution in [0, 0.1) is 11.7 Å². The van der Waals surface area contributed by atoms with Crippen LogP contribution in [-0.4, -0.2) is 43.6 Å². The molecule has 1 aromatic carbocycles. The third-order valence-electron chi connectivity index (χ3n) is 3.67. The molecule has 110 valence electrons. The Morgan fingerprint density at radius 1 is 1.55 bits per heavy atom. The van der Waals surface area contributed by atoms with Crippen molar-refractivity contribution < 1.29 is 13.9 Å². The van der Waals surface area contributed by atoms with Crippen LogP contribution in [0.2, 0.25) is 0 Å². The van der Waals surface area contributed by atoms with Gasteiger partial charge in [0.2, 0.25) is 5.91 Å². The fraction of sp³-hybridized carbons (Fsp3) is 0.533. The van der Waals surface area contributed by atoms with Crippen LogP contribution in [0.15, 0.2) is 24.3 Å². The minimum Gasteiger partial charge on any atom is -0.492 e. The van der Waals surface area contributed by atoms with E-state index in [1.807, 2.05) is 0 Å². The zero-order valence-electron chi connectivity index (χ0n) is 11.9. The van der Waals surface area contributed by atoms with E-state index in [4.69, 9.17) is 4.74 Å². The van der Waals surface area contributed by atoms with Crippen LogP contribution >= 0.6 is 0 Å². The zero-order chi connectivity index (χ0) is 14.5. The van der Waals surface area contributed by atoms with Crippen molar-refractivity contribution in [1.29, 1.82) is 0 Å². The molecule has 0 saturated carbocycles. The predicted octanol–water partition coefficient (Wildman–Crippen LogP) is 1.66. The van der Waals surface area contributed by atoms with E-state index in [1.165, 1.54) is 12.1 Å². The molecule has 5 heteroatoms. The Morgan fingerprint density at radius 2 is 2.35 bits per heavy atom. The maximum atomic E-state index is 13.0. The Morgan fingerprint density at radius 3 is 3.00 bits per heavy atom. The SMILES string of the molecule is CC1CCNC1C(=O)N(C)CCOc1cccc(F)c1. The number of hydrogen-bond acceptors (Lipinski definition) is 3. The summed E-state index contributed by atoms with van der Waals surface area (Å²) in [5.41, 5.74) is 0. The molecule has 2 atom stereocenters. The van der Waals surface area contributed by atoms with Crippen LogP contribution in [0.3, 0.4) is 0 Å². The molecule has 1 fully saturated rings. The largest absolute Gasteiger partial charge is 0.492 e. The van der Waals surface area contributed by atoms with Crippen molar-refractivity contribution in [3.63, 3.8) is 0 Å². The second kappa shape index (κ2) is 6.70. The molecule has 1 aromatic rings. The number of benzene rings is 1. The van der Waals surface area contributed by atoms with E-state index < -0.39 is 0 Å². The first-order chi connectivity index (χ1) is 9.58. The predicted molar refractivity (Wildman–Crippen MR) is 75.1 cm³/mol. The number of carbonyl (C=O) groups is 1. The normalized spacial score (nSPS) is 21.8. The molecule has 4 nitrogen and oxygen atoms in total. The molecule has 0 radical (unpaired) electrons. The van der Waals surface area contributed by atoms with Crippen molar-refractivity contribution in [2.75, 3.05) is 26.7 Å². The number of carbonyl (C=O) groups excluding carboxylic acids is 1. The molecule has 0 aliphatic carbocycles. The fourth-order valence-corrected chi connectivity index (χ4v) is 2.37. The minimum atomic E-state index is -0.323. The smallest absolute Gasteiger partial charge is 0.239 e. The third kappa shape index (κ3) is 3.70. The van der Waals surface area contributed by atoms with E-state index in [0.717, 1.165) is 13.0 Å². The summed E-state index contributed by atoms with van der Waals surface area (Å²) < 4.78 is 18.4. The first kappa shape index (κ1) is 14.8. The van der Waals surface area contributed by atoms with Gasteiger partial charge < -0.3 is 15.0 Å². The van der Waals surface area contributed by atoms with Gasteiger partial charge in [-0.05, 0) is 31.0 Å². The van der Waals surface area contributed by atoms with Gasteiger partial charge in [-0.3, -0.25) is 4.79 Å². The van der Waals surface area contributed by atoms with Crippen molar-refractivity contribution in [3.05, 3.63) is 30.1 Å². The van der Waals surface area contributed by atoms with Crippen LogP contribution in [0.1, 0.15) is 13.3 Å². The molecule has 20 heavy (non-hydrogen) atoms. The van der Waals surface area contributed by atoms with E-state index in [1.54, 1.807) is 24.1 Å². The van der Waals surface area contributed by atoms with Gasteiger partial charge in [0.25, 0.3) is 0 Å². The number of ether oxygens (including phenoxy) is 1. The molecule has 2 unspecified atom stereocenters. The summed E-state index contributed by atoms with van der Waals surface area (Å²) in [5.74, 6) is 0.626. The molecule has 1 saturated heterocycles. The van der Waals surface area contributed by atoms with E-state index in [-0.39, 0.29) is 17.8 Å². The second-order valence-corrected chi connectivity index (χ2v) is 5.26. The highest BCUT2D eigenvalue weighted by atomic mass is 19.1. The minimum absolute atomic E-state index is 0.0887. The molecule has 1 aliphatic heterocycles. The lowest BCUT2D eigenvalue weighted by atomic mass is 10.0. The molecule has 1 amide bonds. The zero-order valence-corrected chi connectivity index (χ0v) is 11.9. The van der Waals surface area contributed by atoms with Gasteiger partial charge in [-0.25, -0.2) is 4.39 Å². The topological polar surface area (TPSA) is 41.6 Å². The molecule has 1 heterocycles. The molecule has 1 aliphatic rings. The summed E-state index contributed by atoms with van der Waals surface area (Å²) in [6.07, 6.45) is 1.03. The summed E-state index contributed by atoms with van der Waals surface area (Å²) >= 11 is 0. The number of nitrogens with one attached hydrogen (secondary N) is 1. The first-order valence-corrected chi connectivity index (χ1v) is 6.94. The molecule has 2 rings (SSSR count). The monoisotopic (exact) mass is 280 g/mol. The quantitative estimate of drug-likeness (QED) is 0.892. The van der Waals surface area contributed by atoms with Crippen LogP contribution in [0.25, 0.3) is 0 Å². The summed E-state index contributed by atoms with van der Waals surface area (Å²) in [5, 5.41) is 3.22. The van der Waals surface area contributed by atoms with E-state index in [2.05, 4.69) is 12.2 Å². The maximum Gasteiger partial charge on any atom is 0.239 e. The Balaban J connectivity index is 1.77. The highest BCUT2D eigenvalue weighted by molar-refractivity contribution is 5.82. The van der Waals surface area contributed by atoms with Gasteiger partial charge in [-0.1, -0.05) is 13.0 Å². The van der Waals surface area contributed by atoms with E-state index in [0.29, 0.717) is 24.8 Å². The van der Waals surface area contributed by atoms with Crippen molar-refractivity contribution in [1.82, 2.24) is 10.2 Å². The third-order valence-corrected chi connectivity index (χ3v) is 3.67. The summed E-state index contributed by atoms with van der Waals surface area (Å²) in [4.78, 5) is 13.9. The lowest BCUT2D eigenvalue weighted by molar-refractivity contribution is -0.132. The average Bonchev–Trinajstić information content (AvgIpc) is 2.84. The van der Waals surface area contributed by atoms with Crippen molar-refractivity contribution in [3.8, 4) is 5.75 Å². The fourth-order valence-electron chi connectivity index (χ4n) is 2.37. The molecular weight excluding hydrogens is 259 g/mol. The Bertz CT molecular complexity index is 467. The number of halogens is 1. The maximum absolute atomic E-state index is 13.0. The number of amides is 1. The van der Waals surface area contributed by atoms with E-state index in [9.17, 15) is 9.18 Å². The van der Waals surface area contributed by atoms with Crippen molar-refractivity contribution in [2.24, 2.45) is 5.92 Å². The molecule has 0 spiro atoms. The number of likely N-dealkylation sites (N-methyl/N-ethyl adjacent to an activating group) is 1. The molecule has 0 bridgehead atoms. The average molecular weight is 280 g/mol.